The molecular formula is C12H24N2O3. The summed E-state index contributed by atoms with van der Waals surface area (Å²) in [6.07, 6.45) is 0. The first kappa shape index (κ1) is 15.7. The van der Waals surface area contributed by atoms with Crippen LogP contribution in [0.3, 0.4) is 0 Å². The number of nitrogens with zero attached hydrogens (tertiary/aromatic N) is 1. The Hall–Kier alpha value is -1.26. The van der Waals surface area contributed by atoms with Crippen molar-refractivity contribution < 1.29 is 14.7 Å². The zero-order valence-electron chi connectivity index (χ0n) is 11.6. The first-order chi connectivity index (χ1) is 7.54. The fourth-order valence-corrected chi connectivity index (χ4v) is 1.54. The van der Waals surface area contributed by atoms with Gasteiger partial charge in [0.05, 0.1) is 0 Å². The molecule has 2 amide bonds. The normalized spacial score (nSPS) is 13.4. The minimum atomic E-state index is -1.00. The summed E-state index contributed by atoms with van der Waals surface area (Å²) < 4.78 is 0. The van der Waals surface area contributed by atoms with E-state index in [4.69, 9.17) is 5.11 Å². The molecule has 0 aromatic heterocycles. The molecule has 17 heavy (non-hydrogen) atoms. The van der Waals surface area contributed by atoms with Crippen LogP contribution in [0, 0.1) is 11.3 Å². The fourth-order valence-electron chi connectivity index (χ4n) is 1.54. The lowest BCUT2D eigenvalue weighted by Gasteiger charge is -2.28. The van der Waals surface area contributed by atoms with Gasteiger partial charge < -0.3 is 15.3 Å². The van der Waals surface area contributed by atoms with E-state index in [0.717, 1.165) is 0 Å². The van der Waals surface area contributed by atoms with E-state index in [-0.39, 0.29) is 17.4 Å². The molecule has 0 fully saturated rings. The number of rotatable bonds is 4. The van der Waals surface area contributed by atoms with Gasteiger partial charge in [0, 0.05) is 13.6 Å². The molecule has 0 spiro atoms. The molecule has 0 saturated carbocycles. The highest BCUT2D eigenvalue weighted by Crippen LogP contribution is 2.14. The third-order valence-corrected chi connectivity index (χ3v) is 2.27. The van der Waals surface area contributed by atoms with Crippen molar-refractivity contribution in [1.82, 2.24) is 10.2 Å². The number of aliphatic carboxylic acids is 1. The Labute approximate surface area is 103 Å². The maximum absolute atomic E-state index is 11.8. The zero-order valence-corrected chi connectivity index (χ0v) is 11.6. The maximum atomic E-state index is 11.8. The molecule has 5 nitrogen and oxygen atoms in total. The van der Waals surface area contributed by atoms with Crippen LogP contribution >= 0.6 is 0 Å². The number of amides is 2. The first-order valence-electron chi connectivity index (χ1n) is 5.79. The summed E-state index contributed by atoms with van der Waals surface area (Å²) in [6.45, 7) is 10.2. The molecular weight excluding hydrogens is 220 g/mol. The number of carbonyl (C=O) groups excluding carboxylic acids is 1. The van der Waals surface area contributed by atoms with E-state index >= 15 is 0 Å². The van der Waals surface area contributed by atoms with Crippen LogP contribution in [0.25, 0.3) is 0 Å². The lowest BCUT2D eigenvalue weighted by Crippen LogP contribution is -2.50. The predicted octanol–water partition coefficient (Wildman–Crippen LogP) is 1.78. The average Bonchev–Trinajstić information content (AvgIpc) is 2.09. The molecule has 0 saturated heterocycles. The Morgan fingerprint density at radius 1 is 1.29 bits per heavy atom. The molecule has 0 heterocycles. The van der Waals surface area contributed by atoms with E-state index < -0.39 is 12.0 Å². The van der Waals surface area contributed by atoms with Gasteiger partial charge in [-0.15, -0.1) is 0 Å². The Bertz CT molecular complexity index is 282. The number of nitrogens with one attached hydrogen (secondary N) is 1. The van der Waals surface area contributed by atoms with Crippen LogP contribution in [-0.4, -0.2) is 41.6 Å². The maximum Gasteiger partial charge on any atom is 0.326 e. The number of carbonyl (C=O) groups is 2. The summed E-state index contributed by atoms with van der Waals surface area (Å²) in [5.41, 5.74) is -0.0113. The summed E-state index contributed by atoms with van der Waals surface area (Å²) in [7, 11) is 1.67. The Kier molecular flexibility index (Phi) is 5.45. The Morgan fingerprint density at radius 2 is 1.76 bits per heavy atom. The van der Waals surface area contributed by atoms with Crippen molar-refractivity contribution in [3.05, 3.63) is 0 Å². The van der Waals surface area contributed by atoms with Crippen molar-refractivity contribution in [3.8, 4) is 0 Å². The van der Waals surface area contributed by atoms with Gasteiger partial charge in [-0.2, -0.15) is 0 Å². The number of hydrogen-bond acceptors (Lipinski definition) is 2. The second-order valence-corrected chi connectivity index (χ2v) is 5.93. The fraction of sp³-hybridized carbons (Fsp3) is 0.833. The quantitative estimate of drug-likeness (QED) is 0.792. The Morgan fingerprint density at radius 3 is 2.06 bits per heavy atom. The second kappa shape index (κ2) is 5.89. The molecule has 100 valence electrons. The largest absolute Gasteiger partial charge is 0.480 e. The molecule has 0 radical (unpaired) electrons. The molecule has 0 aromatic rings. The van der Waals surface area contributed by atoms with Gasteiger partial charge in [0.25, 0.3) is 0 Å². The number of hydrogen-bond donors (Lipinski definition) is 2. The molecule has 0 bridgehead atoms. The third kappa shape index (κ3) is 6.14. The molecule has 2 N–H and O–H groups in total. The van der Waals surface area contributed by atoms with Gasteiger partial charge in [0.15, 0.2) is 0 Å². The standard InChI is InChI=1S/C12H24N2O3/c1-8(2)9(10(15)16)13-11(17)14(6)7-12(3,4)5/h8-9H,7H2,1-6H3,(H,13,17)(H,15,16)/t9-/m0/s1. The highest BCUT2D eigenvalue weighted by molar-refractivity contribution is 5.82. The van der Waals surface area contributed by atoms with Crippen molar-refractivity contribution in [1.29, 1.82) is 0 Å². The third-order valence-electron chi connectivity index (χ3n) is 2.27. The van der Waals surface area contributed by atoms with E-state index in [2.05, 4.69) is 5.32 Å². The van der Waals surface area contributed by atoms with Gasteiger partial charge in [-0.1, -0.05) is 34.6 Å². The highest BCUT2D eigenvalue weighted by Gasteiger charge is 2.26. The van der Waals surface area contributed by atoms with Crippen LogP contribution in [0.5, 0.6) is 0 Å². The van der Waals surface area contributed by atoms with Crippen LogP contribution in [0.2, 0.25) is 0 Å². The Balaban J connectivity index is 4.47. The SMILES string of the molecule is CC(C)[C@H](NC(=O)N(C)CC(C)(C)C)C(=O)O. The number of carboxylic acid groups (broad SMARTS) is 1. The lowest BCUT2D eigenvalue weighted by molar-refractivity contribution is -0.140. The van der Waals surface area contributed by atoms with Gasteiger partial charge >= 0.3 is 12.0 Å². The van der Waals surface area contributed by atoms with Crippen molar-refractivity contribution in [3.63, 3.8) is 0 Å². The molecule has 0 aliphatic heterocycles. The van der Waals surface area contributed by atoms with Gasteiger partial charge in [-0.3, -0.25) is 0 Å². The molecule has 5 heteroatoms. The monoisotopic (exact) mass is 244 g/mol. The van der Waals surface area contributed by atoms with E-state index in [1.165, 1.54) is 4.90 Å². The molecule has 0 unspecified atom stereocenters. The van der Waals surface area contributed by atoms with Gasteiger partial charge in [0.1, 0.15) is 6.04 Å². The van der Waals surface area contributed by atoms with Gasteiger partial charge in [-0.05, 0) is 11.3 Å². The number of carboxylic acids is 1. The topological polar surface area (TPSA) is 69.6 Å². The minimum Gasteiger partial charge on any atom is -0.480 e. The average molecular weight is 244 g/mol. The van der Waals surface area contributed by atoms with Crippen LogP contribution in [0.15, 0.2) is 0 Å². The van der Waals surface area contributed by atoms with Crippen molar-refractivity contribution in [2.24, 2.45) is 11.3 Å². The molecule has 0 aliphatic rings. The summed E-state index contributed by atoms with van der Waals surface area (Å²) in [4.78, 5) is 24.3. The summed E-state index contributed by atoms with van der Waals surface area (Å²) in [6, 6.07) is -1.19. The summed E-state index contributed by atoms with van der Waals surface area (Å²) in [5, 5.41) is 11.5. The van der Waals surface area contributed by atoms with Crippen LogP contribution in [-0.2, 0) is 4.79 Å². The highest BCUT2D eigenvalue weighted by atomic mass is 16.4. The summed E-state index contributed by atoms with van der Waals surface area (Å²) >= 11 is 0. The predicted molar refractivity (Wildman–Crippen MR) is 66.9 cm³/mol. The molecule has 0 aliphatic carbocycles. The first-order valence-corrected chi connectivity index (χ1v) is 5.79. The van der Waals surface area contributed by atoms with Crippen molar-refractivity contribution in [2.45, 2.75) is 40.7 Å². The minimum absolute atomic E-state index is 0.0113. The molecule has 1 atom stereocenters. The van der Waals surface area contributed by atoms with E-state index in [1.807, 2.05) is 20.8 Å². The second-order valence-electron chi connectivity index (χ2n) is 5.93. The van der Waals surface area contributed by atoms with Gasteiger partial charge in [-0.25, -0.2) is 9.59 Å². The molecule has 0 aromatic carbocycles. The van der Waals surface area contributed by atoms with Crippen LogP contribution < -0.4 is 5.32 Å². The van der Waals surface area contributed by atoms with E-state index in [0.29, 0.717) is 6.54 Å². The van der Waals surface area contributed by atoms with Gasteiger partial charge in [0.2, 0.25) is 0 Å². The smallest absolute Gasteiger partial charge is 0.326 e. The van der Waals surface area contributed by atoms with E-state index in [9.17, 15) is 9.59 Å². The summed E-state index contributed by atoms with van der Waals surface area (Å²) in [5.74, 6) is -1.14. The van der Waals surface area contributed by atoms with Crippen molar-refractivity contribution >= 4 is 12.0 Å². The van der Waals surface area contributed by atoms with E-state index in [1.54, 1.807) is 20.9 Å². The van der Waals surface area contributed by atoms with Crippen LogP contribution in [0.4, 0.5) is 4.79 Å². The molecule has 0 rings (SSSR count). The lowest BCUT2D eigenvalue weighted by atomic mass is 9.96. The van der Waals surface area contributed by atoms with Crippen LogP contribution in [0.1, 0.15) is 34.6 Å². The zero-order chi connectivity index (χ0) is 13.8. The number of urea groups is 1. The van der Waals surface area contributed by atoms with Crippen molar-refractivity contribution in [2.75, 3.05) is 13.6 Å².